The maximum absolute atomic E-state index is 4.54. The first-order valence-electron chi connectivity index (χ1n) is 6.81. The zero-order valence-corrected chi connectivity index (χ0v) is 13.7. The molecule has 3 nitrogen and oxygen atoms in total. The van der Waals surface area contributed by atoms with Gasteiger partial charge in [0.05, 0.1) is 0 Å². The van der Waals surface area contributed by atoms with Crippen LogP contribution in [0.2, 0.25) is 5.21 Å². The van der Waals surface area contributed by atoms with Crippen LogP contribution in [-0.2, 0) is 0 Å². The van der Waals surface area contributed by atoms with Crippen LogP contribution in [0.25, 0.3) is 0 Å². The van der Waals surface area contributed by atoms with E-state index in [1.165, 1.54) is 28.3 Å². The summed E-state index contributed by atoms with van der Waals surface area (Å²) in [6.07, 6.45) is 3.23. The Bertz CT molecular complexity index is 381. The van der Waals surface area contributed by atoms with Gasteiger partial charge in [-0.1, -0.05) is 0 Å². The monoisotopic (exact) mass is 309 g/mol. The second kappa shape index (κ2) is 6.58. The average Bonchev–Trinajstić information content (AvgIpc) is 2.85. The first-order valence-corrected chi connectivity index (χ1v) is 9.34. The molecule has 1 aromatic heterocycles. The number of pyridine rings is 1. The van der Waals surface area contributed by atoms with Crippen molar-refractivity contribution in [2.75, 3.05) is 25.0 Å². The molecule has 1 N–H and O–H groups in total. The van der Waals surface area contributed by atoms with Gasteiger partial charge < -0.3 is 0 Å². The van der Waals surface area contributed by atoms with E-state index in [9.17, 15) is 0 Å². The van der Waals surface area contributed by atoms with Gasteiger partial charge in [-0.2, -0.15) is 0 Å². The van der Waals surface area contributed by atoms with E-state index >= 15 is 0 Å². The summed E-state index contributed by atoms with van der Waals surface area (Å²) < 4.78 is 1.36. The van der Waals surface area contributed by atoms with Crippen LogP contribution in [0.1, 0.15) is 20.3 Å². The molecule has 18 heavy (non-hydrogen) atoms. The Balaban J connectivity index is 1.99. The number of nitrogens with one attached hydrogen (secondary N) is 1. The summed E-state index contributed by atoms with van der Waals surface area (Å²) >= 11 is -0.0518. The van der Waals surface area contributed by atoms with Crippen molar-refractivity contribution in [2.24, 2.45) is 5.92 Å². The van der Waals surface area contributed by atoms with Crippen LogP contribution >= 0.6 is 0 Å². The third-order valence-electron chi connectivity index (χ3n) is 3.40. The van der Waals surface area contributed by atoms with Crippen molar-refractivity contribution in [1.82, 2.24) is 10.3 Å². The topological polar surface area (TPSA) is 28.2 Å². The normalized spacial score (nSPS) is 20.4. The van der Waals surface area contributed by atoms with Gasteiger partial charge in [0, 0.05) is 0 Å². The Kier molecular flexibility index (Phi) is 5.08. The van der Waals surface area contributed by atoms with E-state index in [-0.39, 0.29) is 15.8 Å². The van der Waals surface area contributed by atoms with Crippen molar-refractivity contribution in [1.29, 1.82) is 0 Å². The molecule has 0 saturated carbocycles. The van der Waals surface area contributed by atoms with Crippen LogP contribution in [0, 0.1) is 5.92 Å². The Hall–Kier alpha value is -0.532. The third kappa shape index (κ3) is 3.73. The van der Waals surface area contributed by atoms with Crippen LogP contribution in [-0.4, -0.2) is 46.9 Å². The first kappa shape index (κ1) is 13.9. The van der Waals surface area contributed by atoms with Crippen molar-refractivity contribution < 1.29 is 0 Å². The van der Waals surface area contributed by atoms with Gasteiger partial charge >= 0.3 is 117 Å². The van der Waals surface area contributed by atoms with Gasteiger partial charge in [-0.15, -0.1) is 0 Å². The molecule has 1 aliphatic rings. The molecule has 4 heteroatoms. The molecule has 1 unspecified atom stereocenters. The summed E-state index contributed by atoms with van der Waals surface area (Å²) in [5.74, 6) is 0.802. The predicted octanol–water partition coefficient (Wildman–Crippen LogP) is 1.02. The molecule has 2 atom stereocenters. The van der Waals surface area contributed by atoms with E-state index in [2.05, 4.69) is 48.2 Å². The number of rotatable bonds is 5. The molecule has 1 fully saturated rings. The van der Waals surface area contributed by atoms with E-state index in [1.807, 2.05) is 6.20 Å². The van der Waals surface area contributed by atoms with E-state index in [4.69, 9.17) is 0 Å². The van der Waals surface area contributed by atoms with Gasteiger partial charge in [-0.25, -0.2) is 0 Å². The van der Waals surface area contributed by atoms with Crippen LogP contribution in [0.5, 0.6) is 0 Å². The average molecular weight is 309 g/mol. The van der Waals surface area contributed by atoms with Gasteiger partial charge in [-0.3, -0.25) is 0 Å². The third-order valence-corrected chi connectivity index (χ3v) is 6.87. The molecule has 2 rings (SSSR count). The maximum atomic E-state index is 4.54. The Labute approximate surface area is 117 Å². The van der Waals surface area contributed by atoms with Crippen molar-refractivity contribution in [3.8, 4) is 0 Å². The molecular formula is C14H24AsN3. The van der Waals surface area contributed by atoms with Crippen molar-refractivity contribution >= 4 is 25.9 Å². The SMILES string of the molecule is CN[C@@H]1CCN(c2ccnc([AsH]CC(C)C)c2)C1. The second-order valence-electron chi connectivity index (χ2n) is 5.39. The van der Waals surface area contributed by atoms with Crippen LogP contribution in [0.15, 0.2) is 18.3 Å². The summed E-state index contributed by atoms with van der Waals surface area (Å²) in [4.78, 5) is 7.02. The molecule has 100 valence electrons. The fourth-order valence-corrected chi connectivity index (χ4v) is 4.42. The molecule has 0 spiro atoms. The molecule has 1 saturated heterocycles. The van der Waals surface area contributed by atoms with Crippen LogP contribution < -0.4 is 14.7 Å². The summed E-state index contributed by atoms with van der Waals surface area (Å²) in [7, 11) is 2.06. The van der Waals surface area contributed by atoms with Crippen LogP contribution in [0.3, 0.4) is 0 Å². The number of aromatic nitrogens is 1. The summed E-state index contributed by atoms with van der Waals surface area (Å²) in [5.41, 5.74) is 1.37. The fraction of sp³-hybridized carbons (Fsp3) is 0.643. The Morgan fingerprint density at radius 3 is 3.06 bits per heavy atom. The zero-order chi connectivity index (χ0) is 13.0. The van der Waals surface area contributed by atoms with Crippen molar-refractivity contribution in [3.05, 3.63) is 18.3 Å². The number of hydrogen-bond acceptors (Lipinski definition) is 3. The first-order chi connectivity index (χ1) is 8.69. The molecule has 2 heterocycles. The second-order valence-corrected chi connectivity index (χ2v) is 8.07. The van der Waals surface area contributed by atoms with Gasteiger partial charge in [-0.05, 0) is 0 Å². The van der Waals surface area contributed by atoms with Crippen LogP contribution in [0.4, 0.5) is 5.69 Å². The van der Waals surface area contributed by atoms with Gasteiger partial charge in [0.1, 0.15) is 0 Å². The van der Waals surface area contributed by atoms with Gasteiger partial charge in [0.2, 0.25) is 0 Å². The molecule has 1 aliphatic heterocycles. The number of anilines is 1. The minimum absolute atomic E-state index is 0.0518. The van der Waals surface area contributed by atoms with Gasteiger partial charge in [0.25, 0.3) is 0 Å². The molecule has 0 radical (unpaired) electrons. The Morgan fingerprint density at radius 2 is 2.39 bits per heavy atom. The Morgan fingerprint density at radius 1 is 1.56 bits per heavy atom. The van der Waals surface area contributed by atoms with E-state index in [1.54, 1.807) is 0 Å². The number of likely N-dealkylation sites (N-methyl/N-ethyl adjacent to an activating group) is 1. The number of hydrogen-bond donors (Lipinski definition) is 1. The number of nitrogens with zero attached hydrogens (tertiary/aromatic N) is 2. The molecule has 0 aromatic carbocycles. The van der Waals surface area contributed by atoms with Crippen molar-refractivity contribution in [3.63, 3.8) is 0 Å². The molecule has 0 amide bonds. The summed E-state index contributed by atoms with van der Waals surface area (Å²) in [6.45, 7) is 6.89. The van der Waals surface area contributed by atoms with E-state index < -0.39 is 0 Å². The molecule has 1 aromatic rings. The molecule has 0 bridgehead atoms. The van der Waals surface area contributed by atoms with E-state index in [0.717, 1.165) is 12.5 Å². The molecular weight excluding hydrogens is 285 g/mol. The quantitative estimate of drug-likeness (QED) is 0.823. The van der Waals surface area contributed by atoms with Crippen molar-refractivity contribution in [2.45, 2.75) is 31.5 Å². The van der Waals surface area contributed by atoms with Gasteiger partial charge in [0.15, 0.2) is 0 Å². The fourth-order valence-electron chi connectivity index (χ4n) is 2.25. The summed E-state index contributed by atoms with van der Waals surface area (Å²) in [5, 5.41) is 4.71. The standard InChI is InChI=1S/C14H24AsN3/c1-11(2)9-15-14-8-13(4-6-17-14)18-7-5-12(10-18)16-3/h4,6,8,11-12,15-16H,5,7,9-10H2,1-3H3/t12-/m1/s1. The minimum atomic E-state index is -0.0518. The summed E-state index contributed by atoms with van der Waals surface area (Å²) in [6, 6.07) is 5.12. The zero-order valence-electron chi connectivity index (χ0n) is 11.6. The predicted molar refractivity (Wildman–Crippen MR) is 80.3 cm³/mol. The molecule has 0 aliphatic carbocycles. The van der Waals surface area contributed by atoms with E-state index in [0.29, 0.717) is 6.04 Å².